The maximum absolute atomic E-state index is 13.0. The van der Waals surface area contributed by atoms with Crippen molar-refractivity contribution in [3.05, 3.63) is 81.4 Å². The van der Waals surface area contributed by atoms with E-state index in [9.17, 15) is 9.90 Å². The van der Waals surface area contributed by atoms with Crippen LogP contribution in [0.5, 0.6) is 0 Å². The van der Waals surface area contributed by atoms with Gasteiger partial charge in [-0.3, -0.25) is 10.2 Å². The number of rotatable bonds is 7. The van der Waals surface area contributed by atoms with Crippen LogP contribution in [0.2, 0.25) is 0 Å². The zero-order valence-electron chi connectivity index (χ0n) is 21.4. The molecule has 2 aliphatic rings. The normalized spacial score (nSPS) is 21.9. The molecule has 1 aliphatic carbocycles. The summed E-state index contributed by atoms with van der Waals surface area (Å²) >= 11 is 0. The Morgan fingerprint density at radius 1 is 1.26 bits per heavy atom. The van der Waals surface area contributed by atoms with E-state index in [0.717, 1.165) is 24.1 Å². The number of amidine groups is 1. The molecule has 1 aliphatic heterocycles. The van der Waals surface area contributed by atoms with Crippen LogP contribution in [-0.2, 0) is 11.2 Å². The highest BCUT2D eigenvalue weighted by atomic mass is 16.3. The summed E-state index contributed by atoms with van der Waals surface area (Å²) in [5.41, 5.74) is 6.17. The molecule has 0 bridgehead atoms. The van der Waals surface area contributed by atoms with Gasteiger partial charge in [-0.25, -0.2) is 0 Å². The van der Waals surface area contributed by atoms with Crippen LogP contribution >= 0.6 is 0 Å². The number of allylic oxidation sites excluding steroid dienone is 4. The highest BCUT2D eigenvalue weighted by molar-refractivity contribution is 6.06. The fourth-order valence-corrected chi connectivity index (χ4v) is 4.77. The summed E-state index contributed by atoms with van der Waals surface area (Å²) in [7, 11) is 1.70. The number of nitrogens with one attached hydrogen (secondary N) is 4. The Labute approximate surface area is 203 Å². The number of benzene rings is 1. The minimum atomic E-state index is -1.11. The maximum atomic E-state index is 13.0. The van der Waals surface area contributed by atoms with Crippen LogP contribution in [0.1, 0.15) is 63.6 Å². The summed E-state index contributed by atoms with van der Waals surface area (Å²) in [5.74, 6) is 0.401. The van der Waals surface area contributed by atoms with Gasteiger partial charge in [0.25, 0.3) is 5.91 Å². The third-order valence-corrected chi connectivity index (χ3v) is 6.72. The first-order chi connectivity index (χ1) is 16.0. The molecule has 2 atom stereocenters. The Hall–Kier alpha value is -3.12. The highest BCUT2D eigenvalue weighted by Crippen LogP contribution is 2.42. The van der Waals surface area contributed by atoms with E-state index in [1.54, 1.807) is 27.0 Å². The minimum absolute atomic E-state index is 0.0904. The second-order valence-corrected chi connectivity index (χ2v) is 9.66. The molecule has 34 heavy (non-hydrogen) atoms. The van der Waals surface area contributed by atoms with Crippen LogP contribution in [-0.4, -0.2) is 29.5 Å². The van der Waals surface area contributed by atoms with Gasteiger partial charge in [0, 0.05) is 41.7 Å². The van der Waals surface area contributed by atoms with Crippen molar-refractivity contribution in [1.29, 1.82) is 5.41 Å². The molecule has 1 aromatic rings. The van der Waals surface area contributed by atoms with Crippen LogP contribution in [0, 0.1) is 18.3 Å². The van der Waals surface area contributed by atoms with Gasteiger partial charge in [0.1, 0.15) is 5.84 Å². The molecule has 1 aromatic carbocycles. The molecule has 6 heteroatoms. The first kappa shape index (κ1) is 25.5. The number of amides is 1. The Kier molecular flexibility index (Phi) is 7.51. The topological polar surface area (TPSA) is 97.2 Å². The van der Waals surface area contributed by atoms with Gasteiger partial charge in [0.2, 0.25) is 0 Å². The molecular weight excluding hydrogens is 424 g/mol. The first-order valence-electron chi connectivity index (χ1n) is 12.0. The van der Waals surface area contributed by atoms with Gasteiger partial charge in [-0.15, -0.1) is 0 Å². The number of aliphatic hydroxyl groups is 1. The van der Waals surface area contributed by atoms with Gasteiger partial charge in [-0.1, -0.05) is 44.2 Å². The van der Waals surface area contributed by atoms with Gasteiger partial charge < -0.3 is 21.1 Å². The van der Waals surface area contributed by atoms with Gasteiger partial charge in [0.15, 0.2) is 0 Å². The lowest BCUT2D eigenvalue weighted by Gasteiger charge is -2.28. The van der Waals surface area contributed by atoms with Crippen molar-refractivity contribution in [3.63, 3.8) is 0 Å². The summed E-state index contributed by atoms with van der Waals surface area (Å²) in [5, 5.41) is 27.6. The molecule has 182 valence electrons. The van der Waals surface area contributed by atoms with Crippen LogP contribution in [0.4, 0.5) is 0 Å². The molecular formula is C28H38N4O2. The van der Waals surface area contributed by atoms with Crippen molar-refractivity contribution in [2.75, 3.05) is 7.05 Å². The fraction of sp³-hybridized carbons (Fsp3) is 0.429. The molecule has 0 radical (unpaired) electrons. The number of carbonyl (C=O) groups is 1. The molecule has 1 amide bonds. The molecule has 0 spiro atoms. The van der Waals surface area contributed by atoms with Crippen LogP contribution < -0.4 is 16.0 Å². The van der Waals surface area contributed by atoms with Crippen LogP contribution in [0.3, 0.4) is 0 Å². The summed E-state index contributed by atoms with van der Waals surface area (Å²) < 4.78 is 0. The lowest BCUT2D eigenvalue weighted by Crippen LogP contribution is -2.32. The predicted molar refractivity (Wildman–Crippen MR) is 138 cm³/mol. The number of likely N-dealkylation sites (N-methyl/N-ethyl adjacent to an activating group) is 1. The van der Waals surface area contributed by atoms with Crippen molar-refractivity contribution in [1.82, 2.24) is 16.0 Å². The van der Waals surface area contributed by atoms with Gasteiger partial charge in [-0.2, -0.15) is 0 Å². The lowest BCUT2D eigenvalue weighted by molar-refractivity contribution is -0.115. The van der Waals surface area contributed by atoms with E-state index < -0.39 is 5.60 Å². The van der Waals surface area contributed by atoms with Crippen molar-refractivity contribution < 1.29 is 9.90 Å². The third-order valence-electron chi connectivity index (χ3n) is 6.72. The standard InChI is InChI=1S/C28H38N4O2/c1-8-18-11-10-16(3)20(12-18)21-14-22-23(13-19(21)9-2)32-27(33)26(22)17(4)31-25(29)15-24(30-7)28(5,6)34/h10-15,19,21,30,34H,8-9H2,1-7H3,(H2,29,31)(H,32,33)/b24-15-,26-17-. The number of hydrogen-bond donors (Lipinski definition) is 5. The smallest absolute Gasteiger partial charge is 0.258 e. The molecule has 1 fully saturated rings. The SMILES string of the molecule is CCc1ccc(C)c(C2C=C3C(=CC2CC)NC(=O)/C3=C(/C)NC(=N)/C=C(\NC)C(C)(C)O)c1. The van der Waals surface area contributed by atoms with Gasteiger partial charge in [0.05, 0.1) is 11.2 Å². The summed E-state index contributed by atoms with van der Waals surface area (Å²) in [6, 6.07) is 6.67. The summed E-state index contributed by atoms with van der Waals surface area (Å²) in [6.45, 7) is 11.6. The third kappa shape index (κ3) is 5.17. The minimum Gasteiger partial charge on any atom is -0.389 e. The molecule has 2 unspecified atom stereocenters. The van der Waals surface area contributed by atoms with Gasteiger partial charge >= 0.3 is 0 Å². The van der Waals surface area contributed by atoms with E-state index in [1.165, 1.54) is 16.7 Å². The van der Waals surface area contributed by atoms with Crippen molar-refractivity contribution in [3.8, 4) is 0 Å². The Morgan fingerprint density at radius 2 is 1.97 bits per heavy atom. The van der Waals surface area contributed by atoms with E-state index in [1.807, 2.05) is 6.92 Å². The first-order valence-corrected chi connectivity index (χ1v) is 12.0. The van der Waals surface area contributed by atoms with E-state index in [0.29, 0.717) is 22.9 Å². The predicted octanol–water partition coefficient (Wildman–Crippen LogP) is 4.34. The Bertz CT molecular complexity index is 1120. The molecule has 1 heterocycles. The average Bonchev–Trinajstić information content (AvgIpc) is 3.10. The monoisotopic (exact) mass is 462 g/mol. The molecule has 6 nitrogen and oxygen atoms in total. The molecule has 0 aromatic heterocycles. The van der Waals surface area contributed by atoms with Crippen LogP contribution in [0.15, 0.2) is 64.7 Å². The quantitative estimate of drug-likeness (QED) is 0.237. The fourth-order valence-electron chi connectivity index (χ4n) is 4.77. The van der Waals surface area contributed by atoms with Crippen LogP contribution in [0.25, 0.3) is 0 Å². The van der Waals surface area contributed by atoms with E-state index in [4.69, 9.17) is 5.41 Å². The van der Waals surface area contributed by atoms with Crippen molar-refractivity contribution in [2.45, 2.75) is 65.9 Å². The zero-order chi connectivity index (χ0) is 25.2. The van der Waals surface area contributed by atoms with Crippen molar-refractivity contribution >= 4 is 11.7 Å². The second-order valence-electron chi connectivity index (χ2n) is 9.66. The molecule has 3 rings (SSSR count). The summed E-state index contributed by atoms with van der Waals surface area (Å²) in [6.07, 6.45) is 7.91. The highest BCUT2D eigenvalue weighted by Gasteiger charge is 2.35. The lowest BCUT2D eigenvalue weighted by atomic mass is 9.76. The molecule has 5 N–H and O–H groups in total. The average molecular weight is 463 g/mol. The van der Waals surface area contributed by atoms with E-state index in [2.05, 4.69) is 67.1 Å². The molecule has 1 saturated heterocycles. The molecule has 0 saturated carbocycles. The Balaban J connectivity index is 2.02. The number of hydrogen-bond acceptors (Lipinski definition) is 4. The summed E-state index contributed by atoms with van der Waals surface area (Å²) in [4.78, 5) is 13.0. The van der Waals surface area contributed by atoms with E-state index in [-0.39, 0.29) is 17.7 Å². The zero-order valence-corrected chi connectivity index (χ0v) is 21.4. The number of fused-ring (bicyclic) bond motifs is 1. The van der Waals surface area contributed by atoms with Crippen molar-refractivity contribution in [2.24, 2.45) is 5.92 Å². The number of carbonyl (C=O) groups excluding carboxylic acids is 1. The van der Waals surface area contributed by atoms with Gasteiger partial charge in [-0.05, 0) is 63.1 Å². The second kappa shape index (κ2) is 10.0. The Morgan fingerprint density at radius 3 is 2.56 bits per heavy atom. The van der Waals surface area contributed by atoms with E-state index >= 15 is 0 Å². The maximum Gasteiger partial charge on any atom is 0.258 e. The number of aryl methyl sites for hydroxylation is 2. The largest absolute Gasteiger partial charge is 0.389 e.